The van der Waals surface area contributed by atoms with Gasteiger partial charge in [-0.3, -0.25) is 4.68 Å². The van der Waals surface area contributed by atoms with E-state index >= 15 is 0 Å². The van der Waals surface area contributed by atoms with Crippen molar-refractivity contribution in [1.82, 2.24) is 24.7 Å². The van der Waals surface area contributed by atoms with E-state index in [1.165, 1.54) is 0 Å². The number of aromatic nitrogens is 5. The van der Waals surface area contributed by atoms with E-state index in [9.17, 15) is 0 Å². The fourth-order valence-corrected chi connectivity index (χ4v) is 1.53. The molecule has 20 heavy (non-hydrogen) atoms. The van der Waals surface area contributed by atoms with Crippen LogP contribution in [0.3, 0.4) is 0 Å². The van der Waals surface area contributed by atoms with Crippen molar-refractivity contribution in [2.75, 3.05) is 36.2 Å². The lowest BCUT2D eigenvalue weighted by Gasteiger charge is -2.13. The molecule has 8 heteroatoms. The number of rotatable bonds is 6. The van der Waals surface area contributed by atoms with Crippen molar-refractivity contribution in [1.29, 1.82) is 0 Å². The molecule has 0 spiro atoms. The lowest BCUT2D eigenvalue weighted by Crippen LogP contribution is -2.16. The zero-order chi connectivity index (χ0) is 14.5. The fraction of sp³-hybridized carbons (Fsp3) is 0.500. The average molecular weight is 276 g/mol. The Bertz CT molecular complexity index is 562. The van der Waals surface area contributed by atoms with Crippen LogP contribution in [0.4, 0.5) is 23.7 Å². The number of hydrogen-bond donors (Lipinski definition) is 2. The van der Waals surface area contributed by atoms with Crippen LogP contribution >= 0.6 is 0 Å². The Morgan fingerprint density at radius 1 is 1.20 bits per heavy atom. The van der Waals surface area contributed by atoms with Gasteiger partial charge in [-0.2, -0.15) is 20.1 Å². The molecule has 0 saturated carbocycles. The first kappa shape index (κ1) is 14.0. The van der Waals surface area contributed by atoms with E-state index in [-0.39, 0.29) is 0 Å². The first-order valence-corrected chi connectivity index (χ1v) is 6.52. The second-order valence-corrected chi connectivity index (χ2v) is 4.60. The van der Waals surface area contributed by atoms with E-state index in [2.05, 4.69) is 37.6 Å². The van der Waals surface area contributed by atoms with Crippen molar-refractivity contribution < 1.29 is 0 Å². The molecule has 0 unspecified atom stereocenters. The van der Waals surface area contributed by atoms with Gasteiger partial charge in [-0.15, -0.1) is 0 Å². The van der Waals surface area contributed by atoms with Crippen molar-refractivity contribution in [3.63, 3.8) is 0 Å². The summed E-state index contributed by atoms with van der Waals surface area (Å²) in [5.41, 5.74) is 0. The standard InChI is InChI=1S/C12H20N8/c1-5-7-13-10-15-11(17-12(16-10)19(2)3)14-9-6-8-20(4)18-9/h6,8H,5,7H2,1-4H3,(H2,13,14,15,16,17,18). The summed E-state index contributed by atoms with van der Waals surface area (Å²) < 4.78 is 1.71. The van der Waals surface area contributed by atoms with Gasteiger partial charge in [0.1, 0.15) is 0 Å². The molecule has 0 aliphatic carbocycles. The average Bonchev–Trinajstić information content (AvgIpc) is 2.81. The van der Waals surface area contributed by atoms with Crippen LogP contribution < -0.4 is 15.5 Å². The summed E-state index contributed by atoms with van der Waals surface area (Å²) in [6.45, 7) is 2.91. The summed E-state index contributed by atoms with van der Waals surface area (Å²) in [6, 6.07) is 1.86. The summed E-state index contributed by atoms with van der Waals surface area (Å²) in [6.07, 6.45) is 2.86. The van der Waals surface area contributed by atoms with Crippen molar-refractivity contribution in [3.05, 3.63) is 12.3 Å². The van der Waals surface area contributed by atoms with E-state index in [0.717, 1.165) is 13.0 Å². The molecule has 2 heterocycles. The second-order valence-electron chi connectivity index (χ2n) is 4.60. The van der Waals surface area contributed by atoms with Gasteiger partial charge in [-0.05, 0) is 6.42 Å². The maximum absolute atomic E-state index is 4.35. The van der Waals surface area contributed by atoms with Gasteiger partial charge in [-0.1, -0.05) is 6.92 Å². The molecule has 108 valence electrons. The van der Waals surface area contributed by atoms with Gasteiger partial charge in [0.25, 0.3) is 0 Å². The summed E-state index contributed by atoms with van der Waals surface area (Å²) in [4.78, 5) is 14.9. The Labute approximate surface area is 118 Å². The number of anilines is 4. The Kier molecular flexibility index (Phi) is 4.34. The largest absolute Gasteiger partial charge is 0.354 e. The normalized spacial score (nSPS) is 10.4. The third-order valence-electron chi connectivity index (χ3n) is 2.51. The number of aryl methyl sites for hydroxylation is 1. The minimum atomic E-state index is 0.473. The molecule has 0 saturated heterocycles. The highest BCUT2D eigenvalue weighted by Crippen LogP contribution is 2.15. The highest BCUT2D eigenvalue weighted by Gasteiger charge is 2.09. The summed E-state index contributed by atoms with van der Waals surface area (Å²) >= 11 is 0. The second kappa shape index (κ2) is 6.18. The third-order valence-corrected chi connectivity index (χ3v) is 2.51. The maximum Gasteiger partial charge on any atom is 0.235 e. The lowest BCUT2D eigenvalue weighted by atomic mass is 10.5. The van der Waals surface area contributed by atoms with Gasteiger partial charge < -0.3 is 15.5 Å². The Balaban J connectivity index is 2.23. The highest BCUT2D eigenvalue weighted by atomic mass is 15.3. The van der Waals surface area contributed by atoms with Crippen molar-refractivity contribution >= 4 is 23.7 Å². The number of nitrogens with one attached hydrogen (secondary N) is 2. The fourth-order valence-electron chi connectivity index (χ4n) is 1.53. The van der Waals surface area contributed by atoms with E-state index in [0.29, 0.717) is 23.7 Å². The van der Waals surface area contributed by atoms with Crippen LogP contribution in [0.2, 0.25) is 0 Å². The molecule has 2 rings (SSSR count). The molecule has 8 nitrogen and oxygen atoms in total. The van der Waals surface area contributed by atoms with Crippen LogP contribution in [0.1, 0.15) is 13.3 Å². The van der Waals surface area contributed by atoms with E-state index in [4.69, 9.17) is 0 Å². The van der Waals surface area contributed by atoms with Crippen molar-refractivity contribution in [2.24, 2.45) is 7.05 Å². The molecule has 0 aliphatic rings. The predicted molar refractivity (Wildman–Crippen MR) is 79.4 cm³/mol. The smallest absolute Gasteiger partial charge is 0.235 e. The Morgan fingerprint density at radius 2 is 1.95 bits per heavy atom. The SMILES string of the molecule is CCCNc1nc(Nc2ccn(C)n2)nc(N(C)C)n1. The van der Waals surface area contributed by atoms with Gasteiger partial charge in [0.15, 0.2) is 5.82 Å². The van der Waals surface area contributed by atoms with Gasteiger partial charge in [0.05, 0.1) is 0 Å². The first-order chi connectivity index (χ1) is 9.58. The Morgan fingerprint density at radius 3 is 2.55 bits per heavy atom. The first-order valence-electron chi connectivity index (χ1n) is 6.52. The minimum Gasteiger partial charge on any atom is -0.354 e. The van der Waals surface area contributed by atoms with Crippen molar-refractivity contribution in [2.45, 2.75) is 13.3 Å². The Hall–Kier alpha value is -2.38. The van der Waals surface area contributed by atoms with Crippen LogP contribution in [0.15, 0.2) is 12.3 Å². The number of hydrogen-bond acceptors (Lipinski definition) is 7. The quantitative estimate of drug-likeness (QED) is 0.821. The number of nitrogens with zero attached hydrogens (tertiary/aromatic N) is 6. The third kappa shape index (κ3) is 3.56. The van der Waals surface area contributed by atoms with Gasteiger partial charge in [0.2, 0.25) is 17.8 Å². The molecule has 2 aromatic heterocycles. The van der Waals surface area contributed by atoms with E-state index in [1.807, 2.05) is 38.3 Å². The zero-order valence-electron chi connectivity index (χ0n) is 12.3. The highest BCUT2D eigenvalue weighted by molar-refractivity contribution is 5.51. The van der Waals surface area contributed by atoms with Crippen molar-refractivity contribution in [3.8, 4) is 0 Å². The van der Waals surface area contributed by atoms with Crippen LogP contribution in [0.25, 0.3) is 0 Å². The summed E-state index contributed by atoms with van der Waals surface area (Å²) in [5.74, 6) is 2.33. The van der Waals surface area contributed by atoms with Crippen LogP contribution in [0.5, 0.6) is 0 Å². The van der Waals surface area contributed by atoms with Crippen LogP contribution in [0, 0.1) is 0 Å². The maximum atomic E-state index is 4.35. The molecule has 0 amide bonds. The molecule has 0 atom stereocenters. The zero-order valence-corrected chi connectivity index (χ0v) is 12.3. The molecule has 0 fully saturated rings. The topological polar surface area (TPSA) is 83.8 Å². The molecular formula is C12H20N8. The lowest BCUT2D eigenvalue weighted by molar-refractivity contribution is 0.770. The molecule has 0 bridgehead atoms. The predicted octanol–water partition coefficient (Wildman–Crippen LogP) is 1.24. The molecular weight excluding hydrogens is 256 g/mol. The van der Waals surface area contributed by atoms with E-state index in [1.54, 1.807) is 4.68 Å². The van der Waals surface area contributed by atoms with Crippen LogP contribution in [-0.4, -0.2) is 45.4 Å². The molecule has 0 aliphatic heterocycles. The summed E-state index contributed by atoms with van der Waals surface area (Å²) in [7, 11) is 5.64. The summed E-state index contributed by atoms with van der Waals surface area (Å²) in [5, 5.41) is 10.5. The van der Waals surface area contributed by atoms with Gasteiger partial charge in [-0.25, -0.2) is 0 Å². The molecule has 2 N–H and O–H groups in total. The molecule has 0 aromatic carbocycles. The molecule has 0 radical (unpaired) electrons. The molecule has 2 aromatic rings. The van der Waals surface area contributed by atoms with Gasteiger partial charge in [0, 0.05) is 40.0 Å². The monoisotopic (exact) mass is 276 g/mol. The van der Waals surface area contributed by atoms with Gasteiger partial charge >= 0.3 is 0 Å². The van der Waals surface area contributed by atoms with Crippen LogP contribution in [-0.2, 0) is 7.05 Å². The minimum absolute atomic E-state index is 0.473. The van der Waals surface area contributed by atoms with E-state index < -0.39 is 0 Å².